The molecule has 1 fully saturated rings. The second kappa shape index (κ2) is 5.96. The average Bonchev–Trinajstić information content (AvgIpc) is 2.38. The summed E-state index contributed by atoms with van der Waals surface area (Å²) in [5.74, 6) is 0.839. The molecular formula is C17H28N2. The molecule has 2 heteroatoms. The van der Waals surface area contributed by atoms with Gasteiger partial charge in [0.1, 0.15) is 0 Å². The highest BCUT2D eigenvalue weighted by Crippen LogP contribution is 2.30. The van der Waals surface area contributed by atoms with Gasteiger partial charge in [-0.2, -0.15) is 0 Å². The fraction of sp³-hybridized carbons (Fsp3) is 0.647. The van der Waals surface area contributed by atoms with Crippen LogP contribution >= 0.6 is 0 Å². The van der Waals surface area contributed by atoms with Crippen molar-refractivity contribution < 1.29 is 0 Å². The second-order valence-electron chi connectivity index (χ2n) is 6.18. The summed E-state index contributed by atoms with van der Waals surface area (Å²) in [7, 11) is 2.26. The van der Waals surface area contributed by atoms with Gasteiger partial charge in [-0.25, -0.2) is 0 Å². The first kappa shape index (κ1) is 14.4. The lowest BCUT2D eigenvalue weighted by Gasteiger charge is -2.31. The first-order chi connectivity index (χ1) is 9.00. The summed E-state index contributed by atoms with van der Waals surface area (Å²) < 4.78 is 0. The summed E-state index contributed by atoms with van der Waals surface area (Å²) >= 11 is 0. The number of hydrogen-bond donors (Lipinski definition) is 1. The third-order valence-corrected chi connectivity index (χ3v) is 4.70. The van der Waals surface area contributed by atoms with Gasteiger partial charge in [0.2, 0.25) is 0 Å². The Morgan fingerprint density at radius 3 is 2.11 bits per heavy atom. The molecule has 2 nitrogen and oxygen atoms in total. The van der Waals surface area contributed by atoms with E-state index < -0.39 is 0 Å². The average molecular weight is 260 g/mol. The summed E-state index contributed by atoms with van der Waals surface area (Å²) in [5.41, 5.74) is 7.17. The van der Waals surface area contributed by atoms with Gasteiger partial charge >= 0.3 is 0 Å². The van der Waals surface area contributed by atoms with Gasteiger partial charge in [-0.15, -0.1) is 0 Å². The predicted molar refractivity (Wildman–Crippen MR) is 84.3 cm³/mol. The van der Waals surface area contributed by atoms with E-state index in [-0.39, 0.29) is 0 Å². The van der Waals surface area contributed by atoms with E-state index >= 15 is 0 Å². The third kappa shape index (κ3) is 3.11. The van der Waals surface area contributed by atoms with Gasteiger partial charge < -0.3 is 10.2 Å². The monoisotopic (exact) mass is 260 g/mol. The lowest BCUT2D eigenvalue weighted by molar-refractivity contribution is 0.377. The highest BCUT2D eigenvalue weighted by molar-refractivity contribution is 5.63. The minimum absolute atomic E-state index is 0.839. The molecule has 0 saturated carbocycles. The van der Waals surface area contributed by atoms with Gasteiger partial charge in [-0.1, -0.05) is 6.07 Å². The molecule has 1 heterocycles. The Balaban J connectivity index is 2.20. The smallest absolute Gasteiger partial charge is 0.0428 e. The van der Waals surface area contributed by atoms with Crippen LogP contribution in [0.5, 0.6) is 0 Å². The maximum atomic E-state index is 3.45. The molecule has 19 heavy (non-hydrogen) atoms. The molecule has 1 aliphatic heterocycles. The van der Waals surface area contributed by atoms with Crippen molar-refractivity contribution in [2.45, 2.75) is 40.5 Å². The van der Waals surface area contributed by atoms with Crippen molar-refractivity contribution in [3.63, 3.8) is 0 Å². The molecule has 0 bridgehead atoms. The number of nitrogens with one attached hydrogen (secondary N) is 1. The zero-order valence-electron chi connectivity index (χ0n) is 13.1. The van der Waals surface area contributed by atoms with Crippen molar-refractivity contribution >= 4 is 5.69 Å². The molecule has 0 amide bonds. The quantitative estimate of drug-likeness (QED) is 0.896. The Hall–Kier alpha value is -1.02. The zero-order valence-corrected chi connectivity index (χ0v) is 13.1. The van der Waals surface area contributed by atoms with Gasteiger partial charge in [0.05, 0.1) is 0 Å². The molecule has 106 valence electrons. The van der Waals surface area contributed by atoms with Gasteiger partial charge in [0.15, 0.2) is 0 Å². The van der Waals surface area contributed by atoms with Gasteiger partial charge in [-0.05, 0) is 81.8 Å². The van der Waals surface area contributed by atoms with E-state index in [9.17, 15) is 0 Å². The fourth-order valence-electron chi connectivity index (χ4n) is 3.31. The summed E-state index contributed by atoms with van der Waals surface area (Å²) in [6.45, 7) is 12.5. The number of aryl methyl sites for hydroxylation is 2. The first-order valence-corrected chi connectivity index (χ1v) is 7.50. The number of anilines is 1. The summed E-state index contributed by atoms with van der Waals surface area (Å²) in [6, 6.07) is 2.31. The number of nitrogens with zero attached hydrogens (tertiary/aromatic N) is 1. The van der Waals surface area contributed by atoms with Crippen LogP contribution in [-0.4, -0.2) is 26.7 Å². The van der Waals surface area contributed by atoms with E-state index in [0.717, 1.165) is 5.92 Å². The summed E-state index contributed by atoms with van der Waals surface area (Å²) in [6.07, 6.45) is 2.63. The zero-order chi connectivity index (χ0) is 14.0. The molecule has 0 aromatic heterocycles. The number of benzene rings is 1. The van der Waals surface area contributed by atoms with E-state index in [1.54, 1.807) is 0 Å². The highest BCUT2D eigenvalue weighted by Gasteiger charge is 2.18. The maximum absolute atomic E-state index is 3.45. The Kier molecular flexibility index (Phi) is 4.51. The van der Waals surface area contributed by atoms with Crippen LogP contribution in [0.4, 0.5) is 5.69 Å². The van der Waals surface area contributed by atoms with Crippen LogP contribution in [0.2, 0.25) is 0 Å². The third-order valence-electron chi connectivity index (χ3n) is 4.70. The van der Waals surface area contributed by atoms with Crippen LogP contribution in [0.1, 0.15) is 35.1 Å². The van der Waals surface area contributed by atoms with Gasteiger partial charge in [0, 0.05) is 19.3 Å². The van der Waals surface area contributed by atoms with Crippen LogP contribution < -0.4 is 10.2 Å². The molecule has 1 aromatic carbocycles. The topological polar surface area (TPSA) is 15.3 Å². The minimum Gasteiger partial charge on any atom is -0.374 e. The molecule has 1 saturated heterocycles. The molecule has 0 radical (unpaired) electrons. The van der Waals surface area contributed by atoms with Crippen LogP contribution in [0.15, 0.2) is 6.07 Å². The molecule has 0 atom stereocenters. The first-order valence-electron chi connectivity index (χ1n) is 7.50. The van der Waals surface area contributed by atoms with Crippen LogP contribution in [-0.2, 0) is 0 Å². The van der Waals surface area contributed by atoms with E-state index in [0.29, 0.717) is 0 Å². The molecule has 0 aliphatic carbocycles. The summed E-state index contributed by atoms with van der Waals surface area (Å²) in [4.78, 5) is 2.49. The highest BCUT2D eigenvalue weighted by atomic mass is 15.1. The molecule has 0 spiro atoms. The maximum Gasteiger partial charge on any atom is 0.0428 e. The predicted octanol–water partition coefficient (Wildman–Crippen LogP) is 3.36. The van der Waals surface area contributed by atoms with E-state index in [4.69, 9.17) is 0 Å². The molecule has 1 aliphatic rings. The number of hydrogen-bond acceptors (Lipinski definition) is 2. The van der Waals surface area contributed by atoms with Crippen molar-refractivity contribution in [3.05, 3.63) is 28.3 Å². The number of piperidine rings is 1. The molecule has 1 N–H and O–H groups in total. The summed E-state index contributed by atoms with van der Waals surface area (Å²) in [5, 5.41) is 3.45. The number of rotatable bonds is 3. The second-order valence-corrected chi connectivity index (χ2v) is 6.18. The normalized spacial score (nSPS) is 16.7. The van der Waals surface area contributed by atoms with Gasteiger partial charge in [0.25, 0.3) is 0 Å². The van der Waals surface area contributed by atoms with Crippen molar-refractivity contribution in [3.8, 4) is 0 Å². The Bertz CT molecular complexity index is 419. The Morgan fingerprint density at radius 1 is 1.05 bits per heavy atom. The van der Waals surface area contributed by atoms with Crippen molar-refractivity contribution in [2.75, 3.05) is 31.6 Å². The Morgan fingerprint density at radius 2 is 1.58 bits per heavy atom. The van der Waals surface area contributed by atoms with E-state index in [1.165, 1.54) is 60.4 Å². The van der Waals surface area contributed by atoms with Gasteiger partial charge in [-0.3, -0.25) is 0 Å². The van der Waals surface area contributed by atoms with Crippen LogP contribution in [0, 0.1) is 33.6 Å². The van der Waals surface area contributed by atoms with Crippen LogP contribution in [0.3, 0.4) is 0 Å². The van der Waals surface area contributed by atoms with Crippen molar-refractivity contribution in [1.29, 1.82) is 0 Å². The van der Waals surface area contributed by atoms with Crippen molar-refractivity contribution in [1.82, 2.24) is 5.32 Å². The largest absolute Gasteiger partial charge is 0.374 e. The molecular weight excluding hydrogens is 232 g/mol. The lowest BCUT2D eigenvalue weighted by atomic mass is 9.94. The lowest BCUT2D eigenvalue weighted by Crippen LogP contribution is -2.35. The minimum atomic E-state index is 0.839. The SMILES string of the molecule is Cc1cc(C)c(C)c(N(C)CC2CCNCC2)c1C. The van der Waals surface area contributed by atoms with E-state index in [2.05, 4.69) is 51.0 Å². The Labute approximate surface area is 118 Å². The molecule has 2 rings (SSSR count). The van der Waals surface area contributed by atoms with Crippen molar-refractivity contribution in [2.24, 2.45) is 5.92 Å². The molecule has 1 aromatic rings. The van der Waals surface area contributed by atoms with E-state index in [1.807, 2.05) is 0 Å². The van der Waals surface area contributed by atoms with Crippen LogP contribution in [0.25, 0.3) is 0 Å². The molecule has 0 unspecified atom stereocenters. The fourth-order valence-corrected chi connectivity index (χ4v) is 3.31. The standard InChI is InChI=1S/C17H28N2/c1-12-10-13(2)15(4)17(14(12)3)19(5)11-16-6-8-18-9-7-16/h10,16,18H,6-9,11H2,1-5H3.